The van der Waals surface area contributed by atoms with E-state index in [0.717, 1.165) is 11.1 Å². The van der Waals surface area contributed by atoms with E-state index in [1.54, 1.807) is 36.5 Å². The number of sulfonamides is 1. The molecule has 0 aliphatic carbocycles. The number of anilines is 1. The number of hydrogen-bond acceptors (Lipinski definition) is 4. The topological polar surface area (TPSA) is 95.2 Å². The minimum Gasteiger partial charge on any atom is -0.342 e. The smallest absolute Gasteiger partial charge is 0.245 e. The van der Waals surface area contributed by atoms with Gasteiger partial charge in [-0.1, -0.05) is 23.7 Å². The molecule has 0 radical (unpaired) electrons. The van der Waals surface area contributed by atoms with Crippen molar-refractivity contribution >= 4 is 44.0 Å². The first-order chi connectivity index (χ1) is 16.2. The Kier molecular flexibility index (Phi) is 5.63. The molecule has 3 aromatic carbocycles. The van der Waals surface area contributed by atoms with Crippen LogP contribution in [0.2, 0.25) is 5.02 Å². The fourth-order valence-electron chi connectivity index (χ4n) is 4.08. The number of carbonyl (C=O) groups excluding carboxylic acids is 1. The first kappa shape index (κ1) is 22.5. The number of benzene rings is 3. The maximum atomic E-state index is 14.9. The number of aromatic nitrogens is 2. The predicted molar refractivity (Wildman–Crippen MR) is 129 cm³/mol. The van der Waals surface area contributed by atoms with E-state index in [1.807, 2.05) is 6.92 Å². The van der Waals surface area contributed by atoms with Gasteiger partial charge in [0.15, 0.2) is 0 Å². The largest absolute Gasteiger partial charge is 0.342 e. The zero-order valence-electron chi connectivity index (χ0n) is 18.0. The average molecular weight is 499 g/mol. The van der Waals surface area contributed by atoms with Crippen molar-refractivity contribution in [1.82, 2.24) is 14.7 Å². The number of carbonyl (C=O) groups is 1. The highest BCUT2D eigenvalue weighted by Gasteiger charge is 2.36. The molecule has 0 unspecified atom stereocenters. The second-order valence-corrected chi connectivity index (χ2v) is 10.3. The summed E-state index contributed by atoms with van der Waals surface area (Å²) in [7, 11) is -3.97. The first-order valence-electron chi connectivity index (χ1n) is 10.6. The molecule has 0 saturated carbocycles. The van der Waals surface area contributed by atoms with Crippen LogP contribution in [0.25, 0.3) is 22.2 Å². The van der Waals surface area contributed by atoms with E-state index in [1.165, 1.54) is 29.2 Å². The van der Waals surface area contributed by atoms with Gasteiger partial charge in [0.1, 0.15) is 17.7 Å². The lowest BCUT2D eigenvalue weighted by Crippen LogP contribution is -2.41. The van der Waals surface area contributed by atoms with E-state index in [4.69, 9.17) is 11.6 Å². The third-order valence-electron chi connectivity index (χ3n) is 5.80. The average Bonchev–Trinajstić information content (AvgIpc) is 3.39. The van der Waals surface area contributed by atoms with Crippen LogP contribution in [0.1, 0.15) is 12.1 Å². The fourth-order valence-corrected chi connectivity index (χ4v) is 5.52. The lowest BCUT2D eigenvalue weighted by Gasteiger charge is -2.18. The van der Waals surface area contributed by atoms with Gasteiger partial charge in [0.05, 0.1) is 10.6 Å². The molecule has 1 aliphatic heterocycles. The van der Waals surface area contributed by atoms with E-state index >= 15 is 0 Å². The summed E-state index contributed by atoms with van der Waals surface area (Å²) in [6.45, 7) is 2.04. The number of nitrogens with one attached hydrogen (secondary N) is 2. The zero-order chi connectivity index (χ0) is 24.0. The Hall–Kier alpha value is -3.27. The standard InChI is InChI=1S/C24H20ClFN4O3S/c1-14-13-27-23(28-14)17-4-7-22(20(26)12-17)30-9-8-21(24(30)31)29-34(32,33)19-6-3-15-10-18(25)5-2-16(15)11-19/h2-7,10-13,21,29H,8-9H2,1H3,(H,27,28)/t21-/m0/s1. The van der Waals surface area contributed by atoms with Crippen molar-refractivity contribution in [2.75, 3.05) is 11.4 Å². The quantitative estimate of drug-likeness (QED) is 0.426. The van der Waals surface area contributed by atoms with Crippen LogP contribution in [0.4, 0.5) is 10.1 Å². The number of hydrogen-bond donors (Lipinski definition) is 2. The number of halogens is 2. The molecule has 0 bridgehead atoms. The Morgan fingerprint density at radius 2 is 1.88 bits per heavy atom. The van der Waals surface area contributed by atoms with Gasteiger partial charge in [0.2, 0.25) is 15.9 Å². The maximum absolute atomic E-state index is 14.9. The van der Waals surface area contributed by atoms with E-state index in [-0.39, 0.29) is 23.5 Å². The van der Waals surface area contributed by atoms with Crippen LogP contribution >= 0.6 is 11.6 Å². The van der Waals surface area contributed by atoms with Gasteiger partial charge in [0, 0.05) is 29.0 Å². The molecule has 1 atom stereocenters. The van der Waals surface area contributed by atoms with Crippen molar-refractivity contribution < 1.29 is 17.6 Å². The molecule has 1 aliphatic rings. The molecule has 174 valence electrons. The minimum absolute atomic E-state index is 0.0397. The predicted octanol–water partition coefficient (Wildman–Crippen LogP) is 4.41. The zero-order valence-corrected chi connectivity index (χ0v) is 19.6. The summed E-state index contributed by atoms with van der Waals surface area (Å²) in [6, 6.07) is 13.3. The number of imidazole rings is 1. The highest BCUT2D eigenvalue weighted by atomic mass is 35.5. The second-order valence-electron chi connectivity index (χ2n) is 8.19. The van der Waals surface area contributed by atoms with E-state index in [0.29, 0.717) is 21.8 Å². The molecule has 1 fully saturated rings. The van der Waals surface area contributed by atoms with Crippen LogP contribution in [-0.4, -0.2) is 36.9 Å². The summed E-state index contributed by atoms with van der Waals surface area (Å²) < 4.78 is 43.3. The summed E-state index contributed by atoms with van der Waals surface area (Å²) in [5.41, 5.74) is 1.50. The molecule has 7 nitrogen and oxygen atoms in total. The normalized spacial score (nSPS) is 16.5. The van der Waals surface area contributed by atoms with Gasteiger partial charge in [-0.15, -0.1) is 0 Å². The summed E-state index contributed by atoms with van der Waals surface area (Å²) in [6.07, 6.45) is 1.87. The van der Waals surface area contributed by atoms with Crippen molar-refractivity contribution in [3.63, 3.8) is 0 Å². The van der Waals surface area contributed by atoms with Crippen molar-refractivity contribution in [3.8, 4) is 11.4 Å². The Labute approximate surface area is 200 Å². The molecule has 34 heavy (non-hydrogen) atoms. The Morgan fingerprint density at radius 3 is 2.62 bits per heavy atom. The lowest BCUT2D eigenvalue weighted by molar-refractivity contribution is -0.118. The first-order valence-corrected chi connectivity index (χ1v) is 12.4. The Morgan fingerprint density at radius 1 is 1.12 bits per heavy atom. The van der Waals surface area contributed by atoms with Gasteiger partial charge in [-0.2, -0.15) is 4.72 Å². The molecule has 1 saturated heterocycles. The summed E-state index contributed by atoms with van der Waals surface area (Å²) in [5, 5.41) is 2.07. The monoisotopic (exact) mass is 498 g/mol. The third kappa shape index (κ3) is 4.18. The number of H-pyrrole nitrogens is 1. The van der Waals surface area contributed by atoms with Gasteiger partial charge < -0.3 is 9.88 Å². The van der Waals surface area contributed by atoms with Crippen LogP contribution in [-0.2, 0) is 14.8 Å². The van der Waals surface area contributed by atoms with Gasteiger partial charge in [-0.3, -0.25) is 4.79 Å². The highest BCUT2D eigenvalue weighted by molar-refractivity contribution is 7.89. The molecule has 2 heterocycles. The van der Waals surface area contributed by atoms with Crippen LogP contribution in [0, 0.1) is 12.7 Å². The summed E-state index contributed by atoms with van der Waals surface area (Å²) >= 11 is 5.99. The SMILES string of the molecule is Cc1cnc(-c2ccc(N3CC[C@H](NS(=O)(=O)c4ccc5cc(Cl)ccc5c4)C3=O)c(F)c2)[nH]1. The molecule has 0 spiro atoms. The number of aromatic amines is 1. The van der Waals surface area contributed by atoms with Crippen molar-refractivity contribution in [2.45, 2.75) is 24.3 Å². The Balaban J connectivity index is 1.35. The fraction of sp³-hybridized carbons (Fsp3) is 0.167. The summed E-state index contributed by atoms with van der Waals surface area (Å²) in [5.74, 6) is -0.563. The number of nitrogens with zero attached hydrogens (tertiary/aromatic N) is 2. The minimum atomic E-state index is -3.97. The highest BCUT2D eigenvalue weighted by Crippen LogP contribution is 2.29. The van der Waals surface area contributed by atoms with Crippen LogP contribution < -0.4 is 9.62 Å². The van der Waals surface area contributed by atoms with Crippen LogP contribution in [0.3, 0.4) is 0 Å². The lowest BCUT2D eigenvalue weighted by atomic mass is 10.1. The van der Waals surface area contributed by atoms with Gasteiger partial charge >= 0.3 is 0 Å². The van der Waals surface area contributed by atoms with E-state index in [2.05, 4.69) is 14.7 Å². The Bertz CT molecular complexity index is 1540. The third-order valence-corrected chi connectivity index (χ3v) is 7.51. The number of amides is 1. The molecule has 5 rings (SSSR count). The maximum Gasteiger partial charge on any atom is 0.245 e. The molecule has 1 aromatic heterocycles. The molecule has 10 heteroatoms. The van der Waals surface area contributed by atoms with Crippen LogP contribution in [0.5, 0.6) is 0 Å². The number of rotatable bonds is 5. The number of aryl methyl sites for hydroxylation is 1. The molecule has 2 N–H and O–H groups in total. The second kappa shape index (κ2) is 8.50. The van der Waals surface area contributed by atoms with Crippen LogP contribution in [0.15, 0.2) is 65.7 Å². The molecular weight excluding hydrogens is 479 g/mol. The van der Waals surface area contributed by atoms with Gasteiger partial charge in [-0.25, -0.2) is 17.8 Å². The molecular formula is C24H20ClFN4O3S. The van der Waals surface area contributed by atoms with Gasteiger partial charge in [-0.05, 0) is 66.6 Å². The van der Waals surface area contributed by atoms with Crippen molar-refractivity contribution in [2.24, 2.45) is 0 Å². The van der Waals surface area contributed by atoms with E-state index < -0.39 is 27.8 Å². The molecule has 4 aromatic rings. The summed E-state index contributed by atoms with van der Waals surface area (Å²) in [4.78, 5) is 21.5. The van der Waals surface area contributed by atoms with Crippen molar-refractivity contribution in [1.29, 1.82) is 0 Å². The number of fused-ring (bicyclic) bond motifs is 1. The van der Waals surface area contributed by atoms with Gasteiger partial charge in [0.25, 0.3) is 0 Å². The molecule has 1 amide bonds. The van der Waals surface area contributed by atoms with Crippen molar-refractivity contribution in [3.05, 3.63) is 77.3 Å². The van der Waals surface area contributed by atoms with E-state index in [9.17, 15) is 17.6 Å².